The normalized spacial score (nSPS) is 11.7. The molecule has 0 amide bonds. The lowest BCUT2D eigenvalue weighted by Gasteiger charge is -1.96. The van der Waals surface area contributed by atoms with Gasteiger partial charge in [0.25, 0.3) is 0 Å². The van der Waals surface area contributed by atoms with Gasteiger partial charge in [0.1, 0.15) is 0 Å². The van der Waals surface area contributed by atoms with E-state index >= 15 is 0 Å². The molecule has 0 radical (unpaired) electrons. The number of benzene rings is 3. The number of thiophene rings is 2. The van der Waals surface area contributed by atoms with Crippen molar-refractivity contribution in [1.29, 1.82) is 0 Å². The summed E-state index contributed by atoms with van der Waals surface area (Å²) >= 11 is 3.87. The van der Waals surface area contributed by atoms with Crippen LogP contribution in [-0.4, -0.2) is 0 Å². The Morgan fingerprint density at radius 1 is 0.500 bits per heavy atom. The van der Waals surface area contributed by atoms with Crippen LogP contribution in [0.4, 0.5) is 0 Å². The summed E-state index contributed by atoms with van der Waals surface area (Å²) in [7, 11) is 0. The van der Waals surface area contributed by atoms with E-state index in [2.05, 4.69) is 72.8 Å². The Balaban J connectivity index is 1.44. The molecule has 0 N–H and O–H groups in total. The predicted octanol–water partition coefficient (Wildman–Crippen LogP) is 7.05. The highest BCUT2D eigenvalue weighted by Crippen LogP contribution is 2.32. The van der Waals surface area contributed by atoms with E-state index in [0.717, 1.165) is 12.8 Å². The van der Waals surface area contributed by atoms with E-state index in [9.17, 15) is 0 Å². The van der Waals surface area contributed by atoms with Crippen molar-refractivity contribution >= 4 is 53.6 Å². The fourth-order valence-electron chi connectivity index (χ4n) is 3.31. The van der Waals surface area contributed by atoms with Crippen molar-refractivity contribution < 1.29 is 0 Å². The quantitative estimate of drug-likeness (QED) is 0.329. The standard InChI is InChI=1S/C22H16S2/c1-2-6-16-14-22-18(11-15(16)5-1)13-20(24-22)10-9-19-12-17-7-3-4-8-21(17)23-19/h1-8,11-14H,9-10H2. The summed E-state index contributed by atoms with van der Waals surface area (Å²) in [5.74, 6) is 0. The molecule has 5 rings (SSSR count). The van der Waals surface area contributed by atoms with Crippen LogP contribution in [0, 0.1) is 0 Å². The molecule has 0 saturated carbocycles. The highest BCUT2D eigenvalue weighted by molar-refractivity contribution is 7.19. The molecular weight excluding hydrogens is 328 g/mol. The molecule has 0 aliphatic rings. The minimum atomic E-state index is 1.13. The third kappa shape index (κ3) is 2.52. The first-order valence-electron chi connectivity index (χ1n) is 8.24. The van der Waals surface area contributed by atoms with Crippen LogP contribution in [0.5, 0.6) is 0 Å². The number of aryl methyl sites for hydroxylation is 2. The highest BCUT2D eigenvalue weighted by Gasteiger charge is 2.06. The number of hydrogen-bond donors (Lipinski definition) is 0. The van der Waals surface area contributed by atoms with Gasteiger partial charge in [-0.05, 0) is 64.7 Å². The molecule has 3 aromatic carbocycles. The summed E-state index contributed by atoms with van der Waals surface area (Å²) in [6.07, 6.45) is 2.26. The van der Waals surface area contributed by atoms with Crippen LogP contribution in [0.3, 0.4) is 0 Å². The Kier molecular flexibility index (Phi) is 3.39. The molecule has 0 saturated heterocycles. The molecule has 0 unspecified atom stereocenters. The average Bonchev–Trinajstić information content (AvgIpc) is 3.20. The Morgan fingerprint density at radius 2 is 1.08 bits per heavy atom. The van der Waals surface area contributed by atoms with Gasteiger partial charge in [-0.1, -0.05) is 42.5 Å². The predicted molar refractivity (Wildman–Crippen MR) is 109 cm³/mol. The fourth-order valence-corrected chi connectivity index (χ4v) is 5.47. The molecule has 24 heavy (non-hydrogen) atoms. The van der Waals surface area contributed by atoms with Gasteiger partial charge in [-0.25, -0.2) is 0 Å². The van der Waals surface area contributed by atoms with Gasteiger partial charge >= 0.3 is 0 Å². The Bertz CT molecular complexity index is 1070. The van der Waals surface area contributed by atoms with Gasteiger partial charge in [0.05, 0.1) is 0 Å². The lowest BCUT2D eigenvalue weighted by molar-refractivity contribution is 1.01. The van der Waals surface area contributed by atoms with Gasteiger partial charge in [0.2, 0.25) is 0 Å². The lowest BCUT2D eigenvalue weighted by Crippen LogP contribution is -1.83. The molecule has 2 heteroatoms. The van der Waals surface area contributed by atoms with Gasteiger partial charge in [-0.3, -0.25) is 0 Å². The average molecular weight is 345 g/mol. The summed E-state index contributed by atoms with van der Waals surface area (Å²) in [6, 6.07) is 26.7. The van der Waals surface area contributed by atoms with Crippen molar-refractivity contribution in [3.63, 3.8) is 0 Å². The first-order chi connectivity index (χ1) is 11.8. The molecule has 0 bridgehead atoms. The zero-order chi connectivity index (χ0) is 15.9. The highest BCUT2D eigenvalue weighted by atomic mass is 32.1. The van der Waals surface area contributed by atoms with Crippen molar-refractivity contribution in [1.82, 2.24) is 0 Å². The van der Waals surface area contributed by atoms with Crippen LogP contribution in [-0.2, 0) is 12.8 Å². The molecule has 2 heterocycles. The second kappa shape index (κ2) is 5.73. The first-order valence-corrected chi connectivity index (χ1v) is 9.87. The summed E-state index contributed by atoms with van der Waals surface area (Å²) in [4.78, 5) is 2.97. The largest absolute Gasteiger partial charge is 0.140 e. The molecule has 0 spiro atoms. The number of rotatable bonds is 3. The summed E-state index contributed by atoms with van der Waals surface area (Å²) < 4.78 is 2.80. The fraction of sp³-hybridized carbons (Fsp3) is 0.0909. The second-order valence-corrected chi connectivity index (χ2v) is 8.54. The second-order valence-electron chi connectivity index (χ2n) is 6.20. The molecule has 0 nitrogen and oxygen atoms in total. The van der Waals surface area contributed by atoms with Gasteiger partial charge in [-0.2, -0.15) is 0 Å². The zero-order valence-corrected chi connectivity index (χ0v) is 14.8. The molecule has 0 aliphatic carbocycles. The van der Waals surface area contributed by atoms with Crippen LogP contribution < -0.4 is 0 Å². The molecule has 0 atom stereocenters. The minimum Gasteiger partial charge on any atom is -0.140 e. The smallest absolute Gasteiger partial charge is 0.0352 e. The van der Waals surface area contributed by atoms with Crippen LogP contribution in [0.1, 0.15) is 9.75 Å². The van der Waals surface area contributed by atoms with Crippen LogP contribution >= 0.6 is 22.7 Å². The minimum absolute atomic E-state index is 1.13. The first kappa shape index (κ1) is 14.2. The zero-order valence-electron chi connectivity index (χ0n) is 13.2. The SMILES string of the molecule is c1ccc2cc3sc(CCc4cc5ccccc5s4)cc3cc2c1. The van der Waals surface area contributed by atoms with Crippen LogP contribution in [0.25, 0.3) is 30.9 Å². The van der Waals surface area contributed by atoms with E-state index in [4.69, 9.17) is 0 Å². The van der Waals surface area contributed by atoms with Gasteiger partial charge in [-0.15, -0.1) is 22.7 Å². The van der Waals surface area contributed by atoms with Gasteiger partial charge < -0.3 is 0 Å². The van der Waals surface area contributed by atoms with Crippen molar-refractivity contribution in [3.8, 4) is 0 Å². The van der Waals surface area contributed by atoms with E-state index < -0.39 is 0 Å². The molecular formula is C22H16S2. The van der Waals surface area contributed by atoms with Crippen molar-refractivity contribution in [2.24, 2.45) is 0 Å². The van der Waals surface area contributed by atoms with Crippen molar-refractivity contribution in [2.45, 2.75) is 12.8 Å². The summed E-state index contributed by atoms with van der Waals surface area (Å²) in [5.41, 5.74) is 0. The third-order valence-corrected chi connectivity index (χ3v) is 6.86. The Morgan fingerprint density at radius 3 is 1.83 bits per heavy atom. The van der Waals surface area contributed by atoms with E-state index in [1.54, 1.807) is 0 Å². The van der Waals surface area contributed by atoms with E-state index in [-0.39, 0.29) is 0 Å². The molecule has 5 aromatic rings. The maximum absolute atomic E-state index is 2.37. The van der Waals surface area contributed by atoms with Gasteiger partial charge in [0.15, 0.2) is 0 Å². The molecule has 0 fully saturated rings. The maximum atomic E-state index is 2.37. The Labute approximate surface area is 149 Å². The Hall–Kier alpha value is -2.16. The third-order valence-electron chi connectivity index (χ3n) is 4.53. The maximum Gasteiger partial charge on any atom is 0.0352 e. The monoisotopic (exact) mass is 344 g/mol. The number of fused-ring (bicyclic) bond motifs is 3. The molecule has 2 aromatic heterocycles. The van der Waals surface area contributed by atoms with Crippen LogP contribution in [0.2, 0.25) is 0 Å². The summed E-state index contributed by atoms with van der Waals surface area (Å²) in [6.45, 7) is 0. The van der Waals surface area contributed by atoms with Crippen molar-refractivity contribution in [2.75, 3.05) is 0 Å². The van der Waals surface area contributed by atoms with Crippen LogP contribution in [0.15, 0.2) is 72.8 Å². The molecule has 0 aliphatic heterocycles. The number of hydrogen-bond acceptors (Lipinski definition) is 2. The van der Waals surface area contributed by atoms with E-state index in [1.807, 2.05) is 22.7 Å². The topological polar surface area (TPSA) is 0 Å². The lowest BCUT2D eigenvalue weighted by atomic mass is 10.1. The summed E-state index contributed by atoms with van der Waals surface area (Å²) in [5, 5.41) is 5.42. The van der Waals surface area contributed by atoms with E-state index in [1.165, 1.54) is 40.7 Å². The molecule has 116 valence electrons. The van der Waals surface area contributed by atoms with Crippen molar-refractivity contribution in [3.05, 3.63) is 82.6 Å². The van der Waals surface area contributed by atoms with E-state index in [0.29, 0.717) is 0 Å². The van der Waals surface area contributed by atoms with Gasteiger partial charge in [0, 0.05) is 19.2 Å².